The molecule has 32 heavy (non-hydrogen) atoms. The van der Waals surface area contributed by atoms with Crippen LogP contribution >= 0.6 is 0 Å². The molecule has 1 unspecified atom stereocenters. The zero-order valence-electron chi connectivity index (χ0n) is 18.5. The minimum absolute atomic E-state index is 0.0105. The molecule has 1 heterocycles. The summed E-state index contributed by atoms with van der Waals surface area (Å²) < 4.78 is 16.9. The molecule has 0 aliphatic heterocycles. The number of carboxylic acids is 1. The van der Waals surface area contributed by atoms with Crippen LogP contribution in [0.5, 0.6) is 5.88 Å². The molecule has 0 saturated heterocycles. The molecule has 0 amide bonds. The molecule has 2 aromatic rings. The number of carboxylic acid groups (broad SMARTS) is 1. The summed E-state index contributed by atoms with van der Waals surface area (Å²) in [7, 11) is 0. The first-order valence-corrected chi connectivity index (χ1v) is 10.4. The van der Waals surface area contributed by atoms with Crippen molar-refractivity contribution in [1.82, 2.24) is 15.0 Å². The average molecular weight is 441 g/mol. The second-order valence-corrected chi connectivity index (χ2v) is 8.01. The van der Waals surface area contributed by atoms with Crippen LogP contribution in [-0.2, 0) is 16.2 Å². The molecule has 1 N–H and O–H groups in total. The Kier molecular flexibility index (Phi) is 6.97. The van der Waals surface area contributed by atoms with Gasteiger partial charge in [0.15, 0.2) is 6.73 Å². The molecule has 0 fully saturated rings. The third-order valence-electron chi connectivity index (χ3n) is 5.10. The van der Waals surface area contributed by atoms with Gasteiger partial charge < -0.3 is 19.3 Å². The quantitative estimate of drug-likeness (QED) is 0.603. The van der Waals surface area contributed by atoms with Gasteiger partial charge in [0, 0.05) is 6.42 Å². The van der Waals surface area contributed by atoms with Gasteiger partial charge in [-0.2, -0.15) is 4.68 Å². The molecular formula is C23H27N3O6. The Bertz CT molecular complexity index is 1030. The molecule has 1 aliphatic carbocycles. The number of aromatic carboxylic acids is 1. The molecule has 9 heteroatoms. The van der Waals surface area contributed by atoms with Gasteiger partial charge in [-0.15, -0.1) is 0 Å². The van der Waals surface area contributed by atoms with Crippen molar-refractivity contribution in [2.24, 2.45) is 5.92 Å². The zero-order valence-corrected chi connectivity index (χ0v) is 18.5. The summed E-state index contributed by atoms with van der Waals surface area (Å²) in [5.41, 5.74) is 1.03. The topological polar surface area (TPSA) is 113 Å². The lowest BCUT2D eigenvalue weighted by Gasteiger charge is -2.36. The lowest BCUT2D eigenvalue weighted by molar-refractivity contribution is 0.0111. The van der Waals surface area contributed by atoms with Crippen molar-refractivity contribution in [1.29, 1.82) is 0 Å². The highest BCUT2D eigenvalue weighted by atomic mass is 16.7. The van der Waals surface area contributed by atoms with Crippen LogP contribution in [0.1, 0.15) is 50.2 Å². The Labute approximate surface area is 186 Å². The first kappa shape index (κ1) is 23.1. The molecule has 1 aliphatic rings. The molecule has 3 rings (SSSR count). The summed E-state index contributed by atoms with van der Waals surface area (Å²) in [6.45, 7) is 6.85. The minimum atomic E-state index is -1.30. The number of aromatic nitrogens is 3. The normalized spacial score (nSPS) is 17.9. The summed E-state index contributed by atoms with van der Waals surface area (Å²) in [4.78, 5) is 23.5. The summed E-state index contributed by atoms with van der Waals surface area (Å²) in [5, 5.41) is 17.4. The molecule has 0 radical (unpaired) electrons. The molecule has 9 nitrogen and oxygen atoms in total. The number of carbonyl (C=O) groups is 2. The van der Waals surface area contributed by atoms with E-state index in [1.165, 1.54) is 0 Å². The number of carbonyl (C=O) groups excluding carboxylic acids is 1. The van der Waals surface area contributed by atoms with Crippen molar-refractivity contribution in [3.05, 3.63) is 59.8 Å². The van der Waals surface area contributed by atoms with E-state index >= 15 is 0 Å². The Morgan fingerprint density at radius 2 is 1.91 bits per heavy atom. The van der Waals surface area contributed by atoms with E-state index in [4.69, 9.17) is 14.2 Å². The van der Waals surface area contributed by atoms with E-state index in [0.29, 0.717) is 6.42 Å². The summed E-state index contributed by atoms with van der Waals surface area (Å²) >= 11 is 0. The van der Waals surface area contributed by atoms with E-state index < -0.39 is 24.5 Å². The van der Waals surface area contributed by atoms with Crippen molar-refractivity contribution in [3.63, 3.8) is 0 Å². The second-order valence-electron chi connectivity index (χ2n) is 8.01. The van der Waals surface area contributed by atoms with Crippen LogP contribution in [0.2, 0.25) is 0 Å². The largest absolute Gasteiger partial charge is 0.510 e. The molecule has 1 atom stereocenters. The van der Waals surface area contributed by atoms with Gasteiger partial charge >= 0.3 is 12.1 Å². The standard InChI is InChI=1S/C23H27N3O6/c1-15(2)23(12-10-18(11-13-23)17-8-6-5-7-9-17)32-20-19(21(27)28)26(25-24-20)14-30-22(29)31-16(3)4/h5-12,15-16H,13-14H2,1-4H3,(H,27,28). The molecule has 1 aromatic heterocycles. The maximum absolute atomic E-state index is 11.9. The summed E-state index contributed by atoms with van der Waals surface area (Å²) in [6, 6.07) is 9.96. The van der Waals surface area contributed by atoms with Crippen LogP contribution in [0, 0.1) is 5.92 Å². The third kappa shape index (κ3) is 5.16. The first-order chi connectivity index (χ1) is 15.2. The van der Waals surface area contributed by atoms with Gasteiger partial charge in [-0.3, -0.25) is 0 Å². The Morgan fingerprint density at radius 3 is 2.47 bits per heavy atom. The van der Waals surface area contributed by atoms with Crippen LogP contribution in [0.25, 0.3) is 5.57 Å². The Hall–Kier alpha value is -3.62. The highest BCUT2D eigenvalue weighted by molar-refractivity contribution is 5.88. The number of hydrogen-bond donors (Lipinski definition) is 1. The SMILES string of the molecule is CC(C)OC(=O)OCn1nnc(OC2(C(C)C)C=CC(c3ccccc3)=CC2)c1C(=O)O. The van der Waals surface area contributed by atoms with Gasteiger partial charge in [-0.1, -0.05) is 66.6 Å². The molecule has 0 bridgehead atoms. The second kappa shape index (κ2) is 9.67. The third-order valence-corrected chi connectivity index (χ3v) is 5.10. The number of benzene rings is 1. The van der Waals surface area contributed by atoms with Crippen LogP contribution in [-0.4, -0.2) is 43.9 Å². The Morgan fingerprint density at radius 1 is 1.19 bits per heavy atom. The van der Waals surface area contributed by atoms with Crippen molar-refractivity contribution in [2.75, 3.05) is 0 Å². The fourth-order valence-electron chi connectivity index (χ4n) is 3.28. The highest BCUT2D eigenvalue weighted by Crippen LogP contribution is 2.36. The van der Waals surface area contributed by atoms with Gasteiger partial charge in [0.2, 0.25) is 5.69 Å². The number of nitrogens with zero attached hydrogens (tertiary/aromatic N) is 3. The van der Waals surface area contributed by atoms with Crippen LogP contribution < -0.4 is 4.74 Å². The van der Waals surface area contributed by atoms with Crippen molar-refractivity contribution < 1.29 is 28.9 Å². The van der Waals surface area contributed by atoms with E-state index in [1.807, 2.05) is 56.3 Å². The van der Waals surface area contributed by atoms with Gasteiger partial charge in [0.05, 0.1) is 6.10 Å². The monoisotopic (exact) mass is 441 g/mol. The van der Waals surface area contributed by atoms with Crippen LogP contribution in [0.4, 0.5) is 4.79 Å². The number of rotatable bonds is 8. The zero-order chi connectivity index (χ0) is 23.3. The predicted octanol–water partition coefficient (Wildman–Crippen LogP) is 4.31. The maximum Gasteiger partial charge on any atom is 0.510 e. The lowest BCUT2D eigenvalue weighted by atomic mass is 9.81. The predicted molar refractivity (Wildman–Crippen MR) is 116 cm³/mol. The smallest absolute Gasteiger partial charge is 0.476 e. The fourth-order valence-corrected chi connectivity index (χ4v) is 3.28. The van der Waals surface area contributed by atoms with Crippen LogP contribution in [0.3, 0.4) is 0 Å². The van der Waals surface area contributed by atoms with Gasteiger partial charge in [0.1, 0.15) is 5.60 Å². The molecule has 170 valence electrons. The number of hydrogen-bond acceptors (Lipinski definition) is 7. The van der Waals surface area contributed by atoms with Crippen molar-refractivity contribution >= 4 is 17.7 Å². The van der Waals surface area contributed by atoms with E-state index in [9.17, 15) is 14.7 Å². The minimum Gasteiger partial charge on any atom is -0.476 e. The van der Waals surface area contributed by atoms with Gasteiger partial charge in [-0.25, -0.2) is 9.59 Å². The van der Waals surface area contributed by atoms with E-state index in [0.717, 1.165) is 15.8 Å². The van der Waals surface area contributed by atoms with Gasteiger partial charge in [0.25, 0.3) is 5.88 Å². The van der Waals surface area contributed by atoms with E-state index in [-0.39, 0.29) is 23.6 Å². The van der Waals surface area contributed by atoms with Crippen LogP contribution in [0.15, 0.2) is 48.6 Å². The molecular weight excluding hydrogens is 414 g/mol. The molecule has 0 saturated carbocycles. The number of allylic oxidation sites excluding steroid dienone is 2. The van der Waals surface area contributed by atoms with E-state index in [1.54, 1.807) is 13.8 Å². The lowest BCUT2D eigenvalue weighted by Crippen LogP contribution is -2.40. The first-order valence-electron chi connectivity index (χ1n) is 10.4. The van der Waals surface area contributed by atoms with E-state index in [2.05, 4.69) is 16.4 Å². The molecule has 0 spiro atoms. The summed E-state index contributed by atoms with van der Waals surface area (Å²) in [5.74, 6) is -1.44. The summed E-state index contributed by atoms with van der Waals surface area (Å²) in [6.07, 6.45) is 5.19. The number of ether oxygens (including phenoxy) is 3. The fraction of sp³-hybridized carbons (Fsp3) is 0.391. The average Bonchev–Trinajstić information content (AvgIpc) is 3.15. The van der Waals surface area contributed by atoms with Crippen molar-refractivity contribution in [3.8, 4) is 5.88 Å². The maximum atomic E-state index is 11.9. The molecule has 1 aromatic carbocycles. The highest BCUT2D eigenvalue weighted by Gasteiger charge is 2.37. The van der Waals surface area contributed by atoms with Gasteiger partial charge in [-0.05, 0) is 37.0 Å². The Balaban J connectivity index is 1.81. The van der Waals surface area contributed by atoms with Crippen molar-refractivity contribution in [2.45, 2.75) is 52.6 Å².